The lowest BCUT2D eigenvalue weighted by Crippen LogP contribution is -2.15. The summed E-state index contributed by atoms with van der Waals surface area (Å²) in [6.45, 7) is 0. The van der Waals surface area contributed by atoms with Gasteiger partial charge < -0.3 is 10.1 Å². The Labute approximate surface area is 99.7 Å². The number of carbonyl (C=O) groups is 1. The molecule has 0 radical (unpaired) electrons. The molecular weight excluding hydrogens is 236 g/mol. The monoisotopic (exact) mass is 244 g/mol. The van der Waals surface area contributed by atoms with Crippen LogP contribution in [0.1, 0.15) is 10.4 Å². The van der Waals surface area contributed by atoms with E-state index in [1.165, 1.54) is 12.3 Å². The number of aromatic carboxylic acids is 1. The number of hydrogen-bond acceptors (Lipinski definition) is 3. The van der Waals surface area contributed by atoms with Crippen molar-refractivity contribution in [2.45, 2.75) is 0 Å². The Balaban J connectivity index is 2.34. The molecular formula is C11H8N4O3. The van der Waals surface area contributed by atoms with Crippen molar-refractivity contribution in [2.75, 3.05) is 0 Å². The number of aromatic amines is 2. The minimum absolute atomic E-state index is 0.0412. The van der Waals surface area contributed by atoms with Crippen LogP contribution in [0.4, 0.5) is 0 Å². The zero-order valence-corrected chi connectivity index (χ0v) is 9.04. The molecule has 0 aliphatic rings. The zero-order valence-electron chi connectivity index (χ0n) is 9.04. The lowest BCUT2D eigenvalue weighted by molar-refractivity contribution is 0.0699. The molecule has 7 nitrogen and oxygen atoms in total. The SMILES string of the molecule is O=C(O)c1c[nH]n2c(=O)cc(-c3ccc[nH]3)nc12. The standard InChI is InChI=1S/C11H8N4O3/c16-9-4-8(7-2-1-3-12-7)14-10-6(11(17)18)5-13-15(9)10/h1-5,12-13H,(H,17,18). The second-order valence-corrected chi connectivity index (χ2v) is 3.71. The highest BCUT2D eigenvalue weighted by Gasteiger charge is 2.14. The number of rotatable bonds is 2. The molecule has 7 heteroatoms. The molecule has 0 saturated carbocycles. The molecule has 0 atom stereocenters. The summed E-state index contributed by atoms with van der Waals surface area (Å²) in [5.74, 6) is -1.13. The predicted octanol–water partition coefficient (Wildman–Crippen LogP) is 0.716. The maximum absolute atomic E-state index is 11.8. The van der Waals surface area contributed by atoms with Crippen molar-refractivity contribution >= 4 is 11.6 Å². The van der Waals surface area contributed by atoms with Crippen molar-refractivity contribution in [3.05, 3.63) is 46.5 Å². The minimum atomic E-state index is -1.13. The van der Waals surface area contributed by atoms with Gasteiger partial charge in [-0.1, -0.05) is 0 Å². The number of hydrogen-bond donors (Lipinski definition) is 3. The summed E-state index contributed by atoms with van der Waals surface area (Å²) < 4.78 is 1.09. The smallest absolute Gasteiger partial charge is 0.341 e. The Morgan fingerprint density at radius 3 is 2.94 bits per heavy atom. The fraction of sp³-hybridized carbons (Fsp3) is 0. The Hall–Kier alpha value is -2.83. The van der Waals surface area contributed by atoms with Crippen LogP contribution in [0, 0.1) is 0 Å². The van der Waals surface area contributed by atoms with Gasteiger partial charge in [-0.25, -0.2) is 14.3 Å². The normalized spacial score (nSPS) is 10.9. The first-order chi connectivity index (χ1) is 8.66. The second-order valence-electron chi connectivity index (χ2n) is 3.71. The minimum Gasteiger partial charge on any atom is -0.477 e. The summed E-state index contributed by atoms with van der Waals surface area (Å²) >= 11 is 0. The van der Waals surface area contributed by atoms with E-state index in [4.69, 9.17) is 5.11 Å². The first-order valence-corrected chi connectivity index (χ1v) is 5.15. The third-order valence-electron chi connectivity index (χ3n) is 2.60. The highest BCUT2D eigenvalue weighted by Crippen LogP contribution is 2.14. The molecule has 90 valence electrons. The van der Waals surface area contributed by atoms with E-state index >= 15 is 0 Å². The van der Waals surface area contributed by atoms with Crippen LogP contribution >= 0.6 is 0 Å². The van der Waals surface area contributed by atoms with Gasteiger partial charge >= 0.3 is 5.97 Å². The summed E-state index contributed by atoms with van der Waals surface area (Å²) in [5.41, 5.74) is 0.761. The van der Waals surface area contributed by atoms with E-state index in [-0.39, 0.29) is 16.8 Å². The van der Waals surface area contributed by atoms with Gasteiger partial charge in [0.15, 0.2) is 5.65 Å². The number of fused-ring (bicyclic) bond motifs is 1. The molecule has 0 unspecified atom stereocenters. The van der Waals surface area contributed by atoms with Gasteiger partial charge in [0.2, 0.25) is 0 Å². The van der Waals surface area contributed by atoms with Crippen LogP contribution in [0.5, 0.6) is 0 Å². The quantitative estimate of drug-likeness (QED) is 0.617. The van der Waals surface area contributed by atoms with Gasteiger partial charge in [0.1, 0.15) is 5.56 Å². The van der Waals surface area contributed by atoms with Crippen LogP contribution in [0.2, 0.25) is 0 Å². The average molecular weight is 244 g/mol. The Kier molecular flexibility index (Phi) is 2.06. The number of nitrogens with one attached hydrogen (secondary N) is 2. The van der Waals surface area contributed by atoms with Crippen molar-refractivity contribution in [1.82, 2.24) is 19.6 Å². The number of carboxylic acid groups (broad SMARTS) is 1. The van der Waals surface area contributed by atoms with E-state index in [1.54, 1.807) is 18.3 Å². The van der Waals surface area contributed by atoms with Crippen molar-refractivity contribution < 1.29 is 9.90 Å². The highest BCUT2D eigenvalue weighted by molar-refractivity contribution is 5.94. The lowest BCUT2D eigenvalue weighted by Gasteiger charge is -1.99. The van der Waals surface area contributed by atoms with Gasteiger partial charge in [-0.05, 0) is 12.1 Å². The van der Waals surface area contributed by atoms with E-state index in [1.807, 2.05) is 0 Å². The molecule has 0 aromatic carbocycles. The molecule has 0 spiro atoms. The van der Waals surface area contributed by atoms with Gasteiger partial charge in [-0.3, -0.25) is 9.89 Å². The molecule has 3 rings (SSSR count). The largest absolute Gasteiger partial charge is 0.477 e. The number of nitrogens with zero attached hydrogens (tertiary/aromatic N) is 2. The van der Waals surface area contributed by atoms with Crippen LogP contribution in [0.15, 0.2) is 35.4 Å². The van der Waals surface area contributed by atoms with Crippen LogP contribution in [-0.4, -0.2) is 30.7 Å². The molecule has 18 heavy (non-hydrogen) atoms. The van der Waals surface area contributed by atoms with Crippen LogP contribution < -0.4 is 5.56 Å². The predicted molar refractivity (Wildman–Crippen MR) is 62.6 cm³/mol. The molecule has 3 aromatic rings. The summed E-state index contributed by atoms with van der Waals surface area (Å²) in [6.07, 6.45) is 2.94. The van der Waals surface area contributed by atoms with Crippen molar-refractivity contribution in [3.8, 4) is 11.4 Å². The second kappa shape index (κ2) is 3.59. The molecule has 0 fully saturated rings. The first kappa shape index (κ1) is 10.3. The Bertz CT molecular complexity index is 782. The number of H-pyrrole nitrogens is 2. The maximum Gasteiger partial charge on any atom is 0.341 e. The lowest BCUT2D eigenvalue weighted by atomic mass is 10.3. The third-order valence-corrected chi connectivity index (χ3v) is 2.60. The zero-order chi connectivity index (χ0) is 12.7. The van der Waals surface area contributed by atoms with Crippen molar-refractivity contribution in [1.29, 1.82) is 0 Å². The number of carboxylic acids is 1. The van der Waals surface area contributed by atoms with E-state index in [0.29, 0.717) is 11.4 Å². The van der Waals surface area contributed by atoms with Crippen LogP contribution in [0.25, 0.3) is 17.0 Å². The summed E-state index contributed by atoms with van der Waals surface area (Å²) in [7, 11) is 0. The van der Waals surface area contributed by atoms with Crippen LogP contribution in [0.3, 0.4) is 0 Å². The van der Waals surface area contributed by atoms with Crippen LogP contribution in [-0.2, 0) is 0 Å². The molecule has 0 saturated heterocycles. The van der Waals surface area contributed by atoms with E-state index in [0.717, 1.165) is 4.52 Å². The molecule has 3 N–H and O–H groups in total. The summed E-state index contributed by atoms with van der Waals surface area (Å²) in [4.78, 5) is 29.9. The fourth-order valence-corrected chi connectivity index (χ4v) is 1.77. The average Bonchev–Trinajstić information content (AvgIpc) is 2.97. The molecule has 3 heterocycles. The van der Waals surface area contributed by atoms with Gasteiger partial charge in [0, 0.05) is 18.5 Å². The van der Waals surface area contributed by atoms with Gasteiger partial charge in [-0.15, -0.1) is 0 Å². The van der Waals surface area contributed by atoms with Gasteiger partial charge in [0.05, 0.1) is 11.4 Å². The van der Waals surface area contributed by atoms with E-state index in [9.17, 15) is 9.59 Å². The van der Waals surface area contributed by atoms with Gasteiger partial charge in [-0.2, -0.15) is 0 Å². The van der Waals surface area contributed by atoms with Crippen molar-refractivity contribution in [2.24, 2.45) is 0 Å². The molecule has 0 aliphatic heterocycles. The topological polar surface area (TPSA) is 103 Å². The molecule has 0 aliphatic carbocycles. The van der Waals surface area contributed by atoms with Crippen molar-refractivity contribution in [3.63, 3.8) is 0 Å². The molecule has 3 aromatic heterocycles. The Morgan fingerprint density at radius 2 is 2.28 bits per heavy atom. The van der Waals surface area contributed by atoms with Gasteiger partial charge in [0.25, 0.3) is 5.56 Å². The first-order valence-electron chi connectivity index (χ1n) is 5.15. The summed E-state index contributed by atoms with van der Waals surface area (Å²) in [5, 5.41) is 11.6. The highest BCUT2D eigenvalue weighted by atomic mass is 16.4. The summed E-state index contributed by atoms with van der Waals surface area (Å²) in [6, 6.07) is 4.86. The van der Waals surface area contributed by atoms with E-state index in [2.05, 4.69) is 15.1 Å². The molecule has 0 amide bonds. The fourth-order valence-electron chi connectivity index (χ4n) is 1.77. The molecule has 0 bridgehead atoms. The third kappa shape index (κ3) is 1.41. The van der Waals surface area contributed by atoms with E-state index < -0.39 is 5.97 Å². The Morgan fingerprint density at radius 1 is 1.44 bits per heavy atom. The number of aromatic nitrogens is 4. The maximum atomic E-state index is 11.8.